The van der Waals surface area contributed by atoms with Crippen molar-refractivity contribution in [2.45, 2.75) is 36.9 Å². The van der Waals surface area contributed by atoms with Gasteiger partial charge in [0, 0.05) is 31.9 Å². The second kappa shape index (κ2) is 10.7. The largest absolute Gasteiger partial charge is 0.347 e. The van der Waals surface area contributed by atoms with Gasteiger partial charge in [-0.15, -0.1) is 0 Å². The number of carbonyl (C=O) groups excluding carboxylic acids is 1. The monoisotopic (exact) mass is 608 g/mol. The summed E-state index contributed by atoms with van der Waals surface area (Å²) in [5.41, 5.74) is 9.16. The van der Waals surface area contributed by atoms with E-state index in [2.05, 4.69) is 14.8 Å². The molecule has 4 N–H and O–H groups in total. The van der Waals surface area contributed by atoms with E-state index in [0.717, 1.165) is 43.5 Å². The van der Waals surface area contributed by atoms with Crippen molar-refractivity contribution < 1.29 is 22.0 Å². The highest BCUT2D eigenvalue weighted by Crippen LogP contribution is 2.44. The molecule has 0 bridgehead atoms. The van der Waals surface area contributed by atoms with E-state index in [1.807, 2.05) is 4.90 Å². The fraction of sp³-hybridized carbons (Fsp3) is 0.276. The quantitative estimate of drug-likeness (QED) is 0.302. The number of hydrogen-bond acceptors (Lipinski definition) is 7. The number of nitrogens with two attached hydrogens (primary N) is 1. The highest BCUT2D eigenvalue weighted by Gasteiger charge is 2.44. The van der Waals surface area contributed by atoms with Gasteiger partial charge in [-0.1, -0.05) is 12.5 Å². The Kier molecular flexibility index (Phi) is 7.15. The maximum atomic E-state index is 15.5. The third-order valence-corrected chi connectivity index (χ3v) is 9.15. The number of benzene rings is 2. The summed E-state index contributed by atoms with van der Waals surface area (Å²) < 4.78 is 58.0. The second-order valence-electron chi connectivity index (χ2n) is 10.7. The van der Waals surface area contributed by atoms with Crippen molar-refractivity contribution in [3.05, 3.63) is 83.3 Å². The van der Waals surface area contributed by atoms with Gasteiger partial charge >= 0.3 is 0 Å². The van der Waals surface area contributed by atoms with Crippen molar-refractivity contribution in [3.8, 4) is 11.1 Å². The van der Waals surface area contributed by atoms with Gasteiger partial charge in [-0.2, -0.15) is 5.10 Å². The van der Waals surface area contributed by atoms with E-state index >= 15 is 4.39 Å². The summed E-state index contributed by atoms with van der Waals surface area (Å²) in [5, 5.41) is 4.28. The SMILES string of the molecule is Cc1cc(C(=O)N2C=NC(N)(N3CCCCC3)c3c(-c4ccc(NS(=O)(=O)c5ccc(F)cc5)c(F)c4)c[nH]c32)n(C)n1. The number of sulfonamides is 1. The van der Waals surface area contributed by atoms with E-state index in [9.17, 15) is 17.6 Å². The number of hydrogen-bond donors (Lipinski definition) is 3. The third kappa shape index (κ3) is 5.11. The van der Waals surface area contributed by atoms with Gasteiger partial charge in [0.2, 0.25) is 0 Å². The Balaban J connectivity index is 1.40. The van der Waals surface area contributed by atoms with Crippen LogP contribution in [0.1, 0.15) is 41.0 Å². The first-order valence-corrected chi connectivity index (χ1v) is 15.2. The number of nitrogens with one attached hydrogen (secondary N) is 2. The van der Waals surface area contributed by atoms with Gasteiger partial charge in [-0.05, 0) is 67.8 Å². The van der Waals surface area contributed by atoms with E-state index < -0.39 is 27.4 Å². The molecule has 2 aliphatic heterocycles. The zero-order valence-electron chi connectivity index (χ0n) is 23.5. The lowest BCUT2D eigenvalue weighted by Gasteiger charge is -2.43. The van der Waals surface area contributed by atoms with Crippen molar-refractivity contribution in [2.75, 3.05) is 22.7 Å². The van der Waals surface area contributed by atoms with Crippen LogP contribution in [0.4, 0.5) is 20.3 Å². The van der Waals surface area contributed by atoms with Crippen LogP contribution >= 0.6 is 0 Å². The summed E-state index contributed by atoms with van der Waals surface area (Å²) in [6, 6.07) is 9.94. The molecule has 2 aromatic heterocycles. The molecule has 4 aromatic rings. The van der Waals surface area contributed by atoms with E-state index in [1.165, 1.54) is 28.1 Å². The molecule has 1 amide bonds. The molecule has 2 aliphatic rings. The number of rotatable bonds is 6. The normalized spacial score (nSPS) is 19.0. The van der Waals surface area contributed by atoms with Crippen LogP contribution in [0.5, 0.6) is 0 Å². The summed E-state index contributed by atoms with van der Waals surface area (Å²) in [6.45, 7) is 3.16. The van der Waals surface area contributed by atoms with Crippen LogP contribution in [0.3, 0.4) is 0 Å². The molecular weight excluding hydrogens is 578 g/mol. The van der Waals surface area contributed by atoms with Crippen molar-refractivity contribution in [2.24, 2.45) is 17.8 Å². The Morgan fingerprint density at radius 1 is 1.07 bits per heavy atom. The summed E-state index contributed by atoms with van der Waals surface area (Å²) in [7, 11) is -2.49. The number of halogens is 2. The molecule has 43 heavy (non-hydrogen) atoms. The number of aryl methyl sites for hydroxylation is 2. The lowest BCUT2D eigenvalue weighted by molar-refractivity contribution is 0.0752. The molecule has 1 atom stereocenters. The van der Waals surface area contributed by atoms with E-state index in [1.54, 1.807) is 32.3 Å². The van der Waals surface area contributed by atoms with E-state index in [0.29, 0.717) is 47.0 Å². The number of piperidine rings is 1. The highest BCUT2D eigenvalue weighted by molar-refractivity contribution is 7.92. The molecule has 6 rings (SSSR count). The minimum Gasteiger partial charge on any atom is -0.347 e. The molecule has 2 aromatic carbocycles. The Morgan fingerprint density at radius 3 is 2.44 bits per heavy atom. The first kappa shape index (κ1) is 28.7. The van der Waals surface area contributed by atoms with Crippen LogP contribution in [0.2, 0.25) is 0 Å². The summed E-state index contributed by atoms with van der Waals surface area (Å²) in [4.78, 5) is 24.7. The van der Waals surface area contributed by atoms with Gasteiger partial charge in [0.15, 0.2) is 5.79 Å². The maximum Gasteiger partial charge on any atom is 0.282 e. The smallest absolute Gasteiger partial charge is 0.282 e. The van der Waals surface area contributed by atoms with Crippen molar-refractivity contribution in [3.63, 3.8) is 0 Å². The molecule has 224 valence electrons. The first-order chi connectivity index (χ1) is 20.5. The number of fused-ring (bicyclic) bond motifs is 1. The number of aromatic nitrogens is 3. The van der Waals surface area contributed by atoms with Crippen molar-refractivity contribution in [1.82, 2.24) is 19.7 Å². The predicted molar refractivity (Wildman–Crippen MR) is 158 cm³/mol. The van der Waals surface area contributed by atoms with Crippen LogP contribution in [0, 0.1) is 18.6 Å². The maximum absolute atomic E-state index is 15.5. The fourth-order valence-electron chi connectivity index (χ4n) is 5.62. The Morgan fingerprint density at radius 2 is 1.79 bits per heavy atom. The number of nitrogens with zero attached hydrogens (tertiary/aromatic N) is 5. The van der Waals surface area contributed by atoms with E-state index in [4.69, 9.17) is 10.7 Å². The number of anilines is 2. The minimum absolute atomic E-state index is 0.210. The van der Waals surface area contributed by atoms with Crippen LogP contribution in [-0.4, -0.2) is 53.4 Å². The summed E-state index contributed by atoms with van der Waals surface area (Å²) >= 11 is 0. The number of aromatic amines is 1. The molecule has 1 unspecified atom stereocenters. The lowest BCUT2D eigenvalue weighted by atomic mass is 9.95. The molecular formula is C29H30F2N8O3S. The molecule has 4 heterocycles. The minimum atomic E-state index is -4.17. The molecule has 0 saturated carbocycles. The molecule has 0 radical (unpaired) electrons. The Hall–Kier alpha value is -4.40. The molecule has 0 spiro atoms. The molecule has 0 aliphatic carbocycles. The average molecular weight is 609 g/mol. The van der Waals surface area contributed by atoms with E-state index in [-0.39, 0.29) is 16.5 Å². The van der Waals surface area contributed by atoms with Crippen LogP contribution in [0.15, 0.2) is 64.6 Å². The van der Waals surface area contributed by atoms with Gasteiger partial charge < -0.3 is 4.98 Å². The Labute approximate surface area is 247 Å². The predicted octanol–water partition coefficient (Wildman–Crippen LogP) is 4.05. The highest BCUT2D eigenvalue weighted by atomic mass is 32.2. The zero-order chi connectivity index (χ0) is 30.5. The summed E-state index contributed by atoms with van der Waals surface area (Å²) in [5.74, 6) is -2.76. The van der Waals surface area contributed by atoms with Gasteiger partial charge in [0.25, 0.3) is 15.9 Å². The Bertz CT molecular complexity index is 1850. The molecule has 11 nitrogen and oxygen atoms in total. The lowest BCUT2D eigenvalue weighted by Crippen LogP contribution is -2.56. The average Bonchev–Trinajstić information content (AvgIpc) is 3.58. The van der Waals surface area contributed by atoms with Crippen LogP contribution < -0.4 is 15.4 Å². The zero-order valence-corrected chi connectivity index (χ0v) is 24.3. The van der Waals surface area contributed by atoms with Gasteiger partial charge in [-0.25, -0.2) is 22.2 Å². The van der Waals surface area contributed by atoms with Crippen molar-refractivity contribution in [1.29, 1.82) is 0 Å². The van der Waals surface area contributed by atoms with Gasteiger partial charge in [-0.3, -0.25) is 29.7 Å². The molecule has 14 heteroatoms. The second-order valence-corrected chi connectivity index (χ2v) is 12.4. The molecule has 1 saturated heterocycles. The number of likely N-dealkylation sites (tertiary alicyclic amines) is 1. The number of carbonyl (C=O) groups is 1. The number of H-pyrrole nitrogens is 1. The number of aliphatic imine (C=N–C) groups is 1. The first-order valence-electron chi connectivity index (χ1n) is 13.7. The third-order valence-electron chi connectivity index (χ3n) is 7.76. The topological polar surface area (TPSA) is 142 Å². The summed E-state index contributed by atoms with van der Waals surface area (Å²) in [6.07, 6.45) is 5.97. The molecule has 1 fully saturated rings. The van der Waals surface area contributed by atoms with Crippen molar-refractivity contribution >= 4 is 33.8 Å². The van der Waals surface area contributed by atoms with Gasteiger partial charge in [0.05, 0.1) is 21.8 Å². The fourth-order valence-corrected chi connectivity index (χ4v) is 6.68. The number of amides is 1. The van der Waals surface area contributed by atoms with Crippen LogP contribution in [-0.2, 0) is 22.9 Å². The van der Waals surface area contributed by atoms with Crippen LogP contribution in [0.25, 0.3) is 11.1 Å². The standard InChI is InChI=1S/C29H30F2N8O3S/c1-18-14-25(37(2)35-18)28(40)39-17-34-29(32,38-12-4-3-5-13-38)26-22(16-33-27(26)39)19-6-11-24(23(31)15-19)36-43(41,42)21-9-7-20(30)8-10-21/h6-11,14-17,33,36H,3-5,12-13,32H2,1-2H3. The van der Waals surface area contributed by atoms with Gasteiger partial charge in [0.1, 0.15) is 29.5 Å².